The van der Waals surface area contributed by atoms with E-state index in [1.807, 2.05) is 4.90 Å². The molecule has 8 heteroatoms. The summed E-state index contributed by atoms with van der Waals surface area (Å²) in [7, 11) is 0. The zero-order chi connectivity index (χ0) is 18.1. The summed E-state index contributed by atoms with van der Waals surface area (Å²) in [6.45, 7) is 2.36. The van der Waals surface area contributed by atoms with Crippen LogP contribution in [0.5, 0.6) is 0 Å². The molecule has 1 unspecified atom stereocenters. The molecule has 2 aliphatic rings. The predicted molar refractivity (Wildman–Crippen MR) is 94.8 cm³/mol. The van der Waals surface area contributed by atoms with Gasteiger partial charge in [0.15, 0.2) is 5.82 Å². The Morgan fingerprint density at radius 1 is 1.15 bits per heavy atom. The fourth-order valence-electron chi connectivity index (χ4n) is 4.08. The number of anilines is 1. The van der Waals surface area contributed by atoms with E-state index in [-0.39, 0.29) is 11.6 Å². The first-order valence-electron chi connectivity index (χ1n) is 9.24. The molecular weight excluding hydrogens is 337 g/mol. The molecule has 0 aliphatic carbocycles. The van der Waals surface area contributed by atoms with Crippen LogP contribution in [-0.4, -0.2) is 32.8 Å². The molecule has 2 aromatic rings. The zero-order valence-electron chi connectivity index (χ0n) is 14.6. The number of nitro benzene ring substituents is 1. The Morgan fingerprint density at radius 3 is 2.85 bits per heavy atom. The summed E-state index contributed by atoms with van der Waals surface area (Å²) < 4.78 is 16.7. The maximum Gasteiger partial charge on any atom is 0.272 e. The third-order valence-corrected chi connectivity index (χ3v) is 5.41. The van der Waals surface area contributed by atoms with Crippen molar-refractivity contribution in [3.8, 4) is 0 Å². The van der Waals surface area contributed by atoms with Crippen molar-refractivity contribution in [1.82, 2.24) is 14.8 Å². The normalized spacial score (nSPS) is 20.5. The first-order valence-corrected chi connectivity index (χ1v) is 9.24. The highest BCUT2D eigenvalue weighted by molar-refractivity contribution is 5.53. The predicted octanol–water partition coefficient (Wildman–Crippen LogP) is 3.44. The van der Waals surface area contributed by atoms with Crippen LogP contribution in [0.3, 0.4) is 0 Å². The van der Waals surface area contributed by atoms with Crippen LogP contribution in [0, 0.1) is 15.9 Å². The van der Waals surface area contributed by atoms with Gasteiger partial charge >= 0.3 is 0 Å². The zero-order valence-corrected chi connectivity index (χ0v) is 14.6. The fraction of sp³-hybridized carbons (Fsp3) is 0.556. The SMILES string of the molecule is O=[N+]([O-])c1ccc(N2CCCC(c3nnc4n3CCCCC4)C2)c(F)c1. The van der Waals surface area contributed by atoms with Crippen LogP contribution in [0.1, 0.15) is 49.7 Å². The number of hydrogen-bond donors (Lipinski definition) is 0. The van der Waals surface area contributed by atoms with Crippen molar-refractivity contribution in [2.24, 2.45) is 0 Å². The molecule has 1 aromatic carbocycles. The second kappa shape index (κ2) is 7.01. The Balaban J connectivity index is 1.57. The second-order valence-corrected chi connectivity index (χ2v) is 7.11. The van der Waals surface area contributed by atoms with Crippen molar-refractivity contribution in [3.63, 3.8) is 0 Å². The minimum Gasteiger partial charge on any atom is -0.368 e. The molecule has 0 amide bonds. The molecule has 0 bridgehead atoms. The number of aryl methyl sites for hydroxylation is 1. The Labute approximate surface area is 151 Å². The molecule has 7 nitrogen and oxygen atoms in total. The van der Waals surface area contributed by atoms with Crippen molar-refractivity contribution in [3.05, 3.63) is 45.8 Å². The lowest BCUT2D eigenvalue weighted by Gasteiger charge is -2.34. The smallest absolute Gasteiger partial charge is 0.272 e. The summed E-state index contributed by atoms with van der Waals surface area (Å²) >= 11 is 0. The van der Waals surface area contributed by atoms with E-state index in [4.69, 9.17) is 0 Å². The second-order valence-electron chi connectivity index (χ2n) is 7.11. The van der Waals surface area contributed by atoms with Gasteiger partial charge in [0.1, 0.15) is 11.6 Å². The monoisotopic (exact) mass is 359 g/mol. The van der Waals surface area contributed by atoms with E-state index in [0.717, 1.165) is 62.9 Å². The molecule has 2 aliphatic heterocycles. The summed E-state index contributed by atoms with van der Waals surface area (Å²) in [4.78, 5) is 12.2. The number of piperidine rings is 1. The number of fused-ring (bicyclic) bond motifs is 1. The van der Waals surface area contributed by atoms with Gasteiger partial charge < -0.3 is 9.47 Å². The lowest BCUT2D eigenvalue weighted by atomic mass is 9.96. The van der Waals surface area contributed by atoms with Crippen LogP contribution in [0.15, 0.2) is 18.2 Å². The van der Waals surface area contributed by atoms with Crippen molar-refractivity contribution < 1.29 is 9.31 Å². The van der Waals surface area contributed by atoms with Gasteiger partial charge in [-0.25, -0.2) is 4.39 Å². The first-order chi connectivity index (χ1) is 12.6. The largest absolute Gasteiger partial charge is 0.368 e. The molecule has 1 fully saturated rings. The number of aromatic nitrogens is 3. The van der Waals surface area contributed by atoms with Gasteiger partial charge in [-0.1, -0.05) is 6.42 Å². The van der Waals surface area contributed by atoms with Crippen LogP contribution in [-0.2, 0) is 13.0 Å². The average molecular weight is 359 g/mol. The van der Waals surface area contributed by atoms with Crippen LogP contribution in [0.2, 0.25) is 0 Å². The summed E-state index contributed by atoms with van der Waals surface area (Å²) in [5, 5.41) is 19.7. The lowest BCUT2D eigenvalue weighted by molar-refractivity contribution is -0.385. The van der Waals surface area contributed by atoms with Crippen molar-refractivity contribution >= 4 is 11.4 Å². The van der Waals surface area contributed by atoms with Gasteiger partial charge in [0.25, 0.3) is 5.69 Å². The third-order valence-electron chi connectivity index (χ3n) is 5.41. The van der Waals surface area contributed by atoms with E-state index < -0.39 is 10.7 Å². The van der Waals surface area contributed by atoms with Crippen molar-refractivity contribution in [1.29, 1.82) is 0 Å². The fourth-order valence-corrected chi connectivity index (χ4v) is 4.08. The number of nitrogens with zero attached hydrogens (tertiary/aromatic N) is 5. The lowest BCUT2D eigenvalue weighted by Crippen LogP contribution is -2.36. The van der Waals surface area contributed by atoms with E-state index in [9.17, 15) is 14.5 Å². The number of nitro groups is 1. The van der Waals surface area contributed by atoms with E-state index in [1.54, 1.807) is 0 Å². The molecule has 0 spiro atoms. The summed E-state index contributed by atoms with van der Waals surface area (Å²) in [6, 6.07) is 3.88. The van der Waals surface area contributed by atoms with Gasteiger partial charge in [-0.05, 0) is 31.7 Å². The Morgan fingerprint density at radius 2 is 2.04 bits per heavy atom. The molecule has 26 heavy (non-hydrogen) atoms. The molecule has 0 N–H and O–H groups in total. The first kappa shape index (κ1) is 16.9. The summed E-state index contributed by atoms with van der Waals surface area (Å²) in [5.41, 5.74) is 0.207. The minimum absolute atomic E-state index is 0.206. The highest BCUT2D eigenvalue weighted by atomic mass is 19.1. The van der Waals surface area contributed by atoms with E-state index >= 15 is 0 Å². The minimum atomic E-state index is -0.572. The molecule has 1 aromatic heterocycles. The molecule has 1 saturated heterocycles. The Hall–Kier alpha value is -2.51. The highest BCUT2D eigenvalue weighted by Gasteiger charge is 2.29. The maximum absolute atomic E-state index is 14.4. The molecule has 138 valence electrons. The van der Waals surface area contributed by atoms with Gasteiger partial charge in [-0.2, -0.15) is 0 Å². The van der Waals surface area contributed by atoms with Crippen molar-refractivity contribution in [2.75, 3.05) is 18.0 Å². The van der Waals surface area contributed by atoms with Gasteiger partial charge in [0, 0.05) is 38.0 Å². The molecule has 1 atom stereocenters. The van der Waals surface area contributed by atoms with E-state index in [2.05, 4.69) is 14.8 Å². The van der Waals surface area contributed by atoms with Crippen LogP contribution < -0.4 is 4.90 Å². The van der Waals surface area contributed by atoms with Crippen LogP contribution in [0.25, 0.3) is 0 Å². The summed E-state index contributed by atoms with van der Waals surface area (Å²) in [5.74, 6) is 1.74. The molecule has 4 rings (SSSR count). The molecule has 0 saturated carbocycles. The standard InChI is InChI=1S/C18H22FN5O2/c19-15-11-14(24(25)26)7-8-16(15)22-9-4-5-13(12-22)18-21-20-17-6-2-1-3-10-23(17)18/h7-8,11,13H,1-6,9-10,12H2. The van der Waals surface area contributed by atoms with Gasteiger partial charge in [-0.3, -0.25) is 10.1 Å². The Bertz CT molecular complexity index is 822. The number of rotatable bonds is 3. The number of non-ortho nitro benzene ring substituents is 1. The average Bonchev–Trinajstić information content (AvgIpc) is 2.90. The van der Waals surface area contributed by atoms with Crippen LogP contribution >= 0.6 is 0 Å². The van der Waals surface area contributed by atoms with Crippen LogP contribution in [0.4, 0.5) is 15.8 Å². The number of halogens is 1. The third kappa shape index (κ3) is 3.15. The molecule has 0 radical (unpaired) electrons. The Kier molecular flexibility index (Phi) is 4.57. The van der Waals surface area contributed by atoms with E-state index in [0.29, 0.717) is 12.2 Å². The van der Waals surface area contributed by atoms with Gasteiger partial charge in [-0.15, -0.1) is 10.2 Å². The molecule has 3 heterocycles. The van der Waals surface area contributed by atoms with Crippen molar-refractivity contribution in [2.45, 2.75) is 51.0 Å². The maximum atomic E-state index is 14.4. The number of benzene rings is 1. The van der Waals surface area contributed by atoms with E-state index in [1.165, 1.54) is 18.6 Å². The quantitative estimate of drug-likeness (QED) is 0.620. The highest BCUT2D eigenvalue weighted by Crippen LogP contribution is 2.32. The van der Waals surface area contributed by atoms with Gasteiger partial charge in [0.05, 0.1) is 16.7 Å². The topological polar surface area (TPSA) is 77.1 Å². The van der Waals surface area contributed by atoms with Gasteiger partial charge in [0.2, 0.25) is 0 Å². The number of hydrogen-bond acceptors (Lipinski definition) is 5. The molecular formula is C18H22FN5O2. The summed E-state index contributed by atoms with van der Waals surface area (Å²) in [6.07, 6.45) is 6.43.